The van der Waals surface area contributed by atoms with E-state index in [9.17, 15) is 0 Å². The molecule has 1 fully saturated rings. The summed E-state index contributed by atoms with van der Waals surface area (Å²) in [6, 6.07) is 0.707. The van der Waals surface area contributed by atoms with Crippen LogP contribution in [-0.2, 0) is 0 Å². The lowest BCUT2D eigenvalue weighted by Crippen LogP contribution is -2.06. The van der Waals surface area contributed by atoms with E-state index >= 15 is 0 Å². The van der Waals surface area contributed by atoms with Crippen LogP contribution < -0.4 is 5.43 Å². The Balaban J connectivity index is 1.88. The first kappa shape index (κ1) is 6.59. The van der Waals surface area contributed by atoms with Crippen molar-refractivity contribution in [3.05, 3.63) is 0 Å². The Morgan fingerprint density at radius 1 is 1.67 bits per heavy atom. The summed E-state index contributed by atoms with van der Waals surface area (Å²) in [5, 5.41) is 4.05. The Bertz CT molecular complexity index is 95.1. The highest BCUT2D eigenvalue weighted by atomic mass is 15.3. The van der Waals surface area contributed by atoms with Gasteiger partial charge in [-0.2, -0.15) is 5.10 Å². The summed E-state index contributed by atoms with van der Waals surface area (Å²) < 4.78 is 0. The lowest BCUT2D eigenvalue weighted by atomic mass is 10.4. The molecular weight excluding hydrogens is 112 g/mol. The minimum atomic E-state index is 0.707. The molecule has 0 amide bonds. The van der Waals surface area contributed by atoms with Crippen LogP contribution in [0.15, 0.2) is 5.10 Å². The number of unbranched alkanes of at least 4 members (excludes halogenated alkanes) is 1. The fourth-order valence-electron chi connectivity index (χ4n) is 0.564. The molecule has 0 radical (unpaired) electrons. The van der Waals surface area contributed by atoms with Crippen molar-refractivity contribution < 1.29 is 0 Å². The molecule has 0 spiro atoms. The van der Waals surface area contributed by atoms with Crippen LogP contribution >= 0.6 is 0 Å². The van der Waals surface area contributed by atoms with E-state index in [1.54, 1.807) is 0 Å². The van der Waals surface area contributed by atoms with E-state index in [4.69, 9.17) is 0 Å². The SMILES string of the molecule is CCC/C=N/NC1CC1. The maximum absolute atomic E-state index is 4.05. The van der Waals surface area contributed by atoms with Gasteiger partial charge in [0.25, 0.3) is 0 Å². The van der Waals surface area contributed by atoms with E-state index in [0.29, 0.717) is 6.04 Å². The van der Waals surface area contributed by atoms with Gasteiger partial charge in [-0.15, -0.1) is 0 Å². The molecule has 1 N–H and O–H groups in total. The molecule has 0 aromatic carbocycles. The molecular formula is C7H14N2. The van der Waals surface area contributed by atoms with E-state index in [-0.39, 0.29) is 0 Å². The first-order valence-electron chi connectivity index (χ1n) is 3.70. The summed E-state index contributed by atoms with van der Waals surface area (Å²) in [7, 11) is 0. The number of rotatable bonds is 4. The molecule has 9 heavy (non-hydrogen) atoms. The van der Waals surface area contributed by atoms with Gasteiger partial charge in [-0.05, 0) is 19.3 Å². The second-order valence-electron chi connectivity index (χ2n) is 2.50. The molecule has 0 atom stereocenters. The predicted molar refractivity (Wildman–Crippen MR) is 39.6 cm³/mol. The predicted octanol–water partition coefficient (Wildman–Crippen LogP) is 1.52. The average Bonchev–Trinajstić information content (AvgIpc) is 2.63. The maximum atomic E-state index is 4.05. The molecule has 0 aliphatic heterocycles. The van der Waals surface area contributed by atoms with Crippen LogP contribution in [0.3, 0.4) is 0 Å². The molecule has 0 aromatic rings. The van der Waals surface area contributed by atoms with Crippen molar-refractivity contribution in [3.63, 3.8) is 0 Å². The summed E-state index contributed by atoms with van der Waals surface area (Å²) >= 11 is 0. The van der Waals surface area contributed by atoms with E-state index < -0.39 is 0 Å². The highest BCUT2D eigenvalue weighted by Crippen LogP contribution is 2.18. The first-order chi connectivity index (χ1) is 4.43. The van der Waals surface area contributed by atoms with Crippen molar-refractivity contribution in [1.29, 1.82) is 0 Å². The summed E-state index contributed by atoms with van der Waals surface area (Å²) in [6.07, 6.45) is 6.86. The van der Waals surface area contributed by atoms with Gasteiger partial charge in [0.1, 0.15) is 0 Å². The van der Waals surface area contributed by atoms with Gasteiger partial charge in [0.2, 0.25) is 0 Å². The van der Waals surface area contributed by atoms with Crippen LogP contribution in [0.5, 0.6) is 0 Å². The van der Waals surface area contributed by atoms with Gasteiger partial charge < -0.3 is 5.43 Å². The fourth-order valence-corrected chi connectivity index (χ4v) is 0.564. The van der Waals surface area contributed by atoms with E-state index in [1.165, 1.54) is 19.3 Å². The second-order valence-corrected chi connectivity index (χ2v) is 2.50. The van der Waals surface area contributed by atoms with Crippen molar-refractivity contribution in [3.8, 4) is 0 Å². The van der Waals surface area contributed by atoms with Crippen LogP contribution in [0.1, 0.15) is 32.6 Å². The zero-order valence-corrected chi connectivity index (χ0v) is 5.93. The van der Waals surface area contributed by atoms with Crippen molar-refractivity contribution in [1.82, 2.24) is 5.43 Å². The second kappa shape index (κ2) is 3.49. The van der Waals surface area contributed by atoms with Crippen LogP contribution in [0, 0.1) is 0 Å². The number of nitrogens with one attached hydrogen (secondary N) is 1. The molecule has 0 bridgehead atoms. The van der Waals surface area contributed by atoms with Gasteiger partial charge in [-0.25, -0.2) is 0 Å². The molecule has 1 saturated carbocycles. The van der Waals surface area contributed by atoms with Crippen molar-refractivity contribution in [2.24, 2.45) is 5.10 Å². The molecule has 52 valence electrons. The summed E-state index contributed by atoms with van der Waals surface area (Å²) in [5.41, 5.74) is 3.06. The minimum absolute atomic E-state index is 0.707. The third-order valence-corrected chi connectivity index (χ3v) is 1.34. The standard InChI is InChI=1S/C7H14N2/c1-2-3-6-8-9-7-4-5-7/h6-7,9H,2-5H2,1H3/b8-6+. The molecule has 0 aromatic heterocycles. The highest BCUT2D eigenvalue weighted by Gasteiger charge is 2.19. The Morgan fingerprint density at radius 2 is 2.44 bits per heavy atom. The van der Waals surface area contributed by atoms with E-state index in [1.807, 2.05) is 6.21 Å². The van der Waals surface area contributed by atoms with Crippen molar-refractivity contribution >= 4 is 6.21 Å². The zero-order chi connectivity index (χ0) is 6.53. The summed E-state index contributed by atoms with van der Waals surface area (Å²) in [5.74, 6) is 0. The van der Waals surface area contributed by atoms with Crippen molar-refractivity contribution in [2.75, 3.05) is 0 Å². The van der Waals surface area contributed by atoms with Gasteiger partial charge in [0.05, 0.1) is 0 Å². The molecule has 1 aliphatic carbocycles. The molecule has 1 aliphatic rings. The number of nitrogens with zero attached hydrogens (tertiary/aromatic N) is 1. The van der Waals surface area contributed by atoms with E-state index in [0.717, 1.165) is 6.42 Å². The Hall–Kier alpha value is -0.530. The van der Waals surface area contributed by atoms with Gasteiger partial charge in [-0.3, -0.25) is 0 Å². The Morgan fingerprint density at radius 3 is 3.00 bits per heavy atom. The third kappa shape index (κ3) is 3.12. The maximum Gasteiger partial charge on any atom is 0.0441 e. The number of hydrazone groups is 1. The summed E-state index contributed by atoms with van der Waals surface area (Å²) in [6.45, 7) is 2.16. The van der Waals surface area contributed by atoms with E-state index in [2.05, 4.69) is 17.5 Å². The van der Waals surface area contributed by atoms with Gasteiger partial charge in [-0.1, -0.05) is 13.3 Å². The topological polar surface area (TPSA) is 24.4 Å². The Kier molecular flexibility index (Phi) is 2.55. The highest BCUT2D eigenvalue weighted by molar-refractivity contribution is 5.56. The lowest BCUT2D eigenvalue weighted by Gasteiger charge is -1.91. The third-order valence-electron chi connectivity index (χ3n) is 1.34. The fraction of sp³-hybridized carbons (Fsp3) is 0.857. The molecule has 2 heteroatoms. The quantitative estimate of drug-likeness (QED) is 0.448. The van der Waals surface area contributed by atoms with Crippen LogP contribution in [0.2, 0.25) is 0 Å². The van der Waals surface area contributed by atoms with Crippen molar-refractivity contribution in [2.45, 2.75) is 38.6 Å². The first-order valence-corrected chi connectivity index (χ1v) is 3.70. The molecule has 0 heterocycles. The molecule has 0 saturated heterocycles. The normalized spacial score (nSPS) is 18.8. The largest absolute Gasteiger partial charge is 0.307 e. The monoisotopic (exact) mass is 126 g/mol. The van der Waals surface area contributed by atoms with Crippen LogP contribution in [0.4, 0.5) is 0 Å². The smallest absolute Gasteiger partial charge is 0.0441 e. The van der Waals surface area contributed by atoms with Crippen LogP contribution in [-0.4, -0.2) is 12.3 Å². The van der Waals surface area contributed by atoms with Gasteiger partial charge in [0, 0.05) is 12.3 Å². The van der Waals surface area contributed by atoms with Gasteiger partial charge >= 0.3 is 0 Å². The van der Waals surface area contributed by atoms with Gasteiger partial charge in [0.15, 0.2) is 0 Å². The molecule has 1 rings (SSSR count). The number of hydrogen-bond acceptors (Lipinski definition) is 2. The molecule has 0 unspecified atom stereocenters. The lowest BCUT2D eigenvalue weighted by molar-refractivity contribution is 0.737. The Labute approximate surface area is 56.3 Å². The zero-order valence-electron chi connectivity index (χ0n) is 5.93. The van der Waals surface area contributed by atoms with Crippen LogP contribution in [0.25, 0.3) is 0 Å². The molecule has 2 nitrogen and oxygen atoms in total. The average molecular weight is 126 g/mol. The summed E-state index contributed by atoms with van der Waals surface area (Å²) in [4.78, 5) is 0. The minimum Gasteiger partial charge on any atom is -0.307 e. The number of hydrogen-bond donors (Lipinski definition) is 1.